The van der Waals surface area contributed by atoms with Gasteiger partial charge in [0.05, 0.1) is 11.1 Å². The summed E-state index contributed by atoms with van der Waals surface area (Å²) in [5, 5.41) is 0.801. The first-order chi connectivity index (χ1) is 12.2. The molecule has 2 aromatic rings. The van der Waals surface area contributed by atoms with Crippen molar-refractivity contribution in [3.05, 3.63) is 47.9 Å². The Morgan fingerprint density at radius 2 is 1.88 bits per heavy atom. The van der Waals surface area contributed by atoms with Crippen LogP contribution in [0.1, 0.15) is 19.8 Å². The summed E-state index contributed by atoms with van der Waals surface area (Å²) in [5.74, 6) is -0.0108. The number of ether oxygens (including phenoxy) is 2. The maximum atomic E-state index is 12.8. The molecule has 128 valence electrons. The molecule has 0 radical (unpaired) electrons. The third-order valence-electron chi connectivity index (χ3n) is 4.67. The van der Waals surface area contributed by atoms with E-state index in [-0.39, 0.29) is 23.6 Å². The average Bonchev–Trinajstić information content (AvgIpc) is 2.86. The minimum absolute atomic E-state index is 0.104. The number of para-hydroxylation sites is 1. The van der Waals surface area contributed by atoms with Crippen LogP contribution < -0.4 is 4.74 Å². The second-order valence-corrected chi connectivity index (χ2v) is 6.21. The van der Waals surface area contributed by atoms with E-state index >= 15 is 0 Å². The third-order valence-corrected chi connectivity index (χ3v) is 4.67. The molecule has 6 nitrogen and oxygen atoms in total. The molecule has 2 aliphatic rings. The summed E-state index contributed by atoms with van der Waals surface area (Å²) in [5.41, 5.74) is 1.12. The van der Waals surface area contributed by atoms with Crippen molar-refractivity contribution in [1.82, 2.24) is 9.88 Å². The molecule has 0 saturated carbocycles. The van der Waals surface area contributed by atoms with Gasteiger partial charge >= 0.3 is 0 Å². The molecule has 0 aliphatic carbocycles. The SMILES string of the molecule is CC1=C(Oc2ccnc3ccccc23)C(=O)N(C2CCOCC2)C1=O. The molecule has 1 saturated heterocycles. The van der Waals surface area contributed by atoms with E-state index in [0.29, 0.717) is 37.4 Å². The number of pyridine rings is 1. The van der Waals surface area contributed by atoms with Crippen LogP contribution in [0.2, 0.25) is 0 Å². The van der Waals surface area contributed by atoms with Gasteiger partial charge in [-0.15, -0.1) is 0 Å². The number of fused-ring (bicyclic) bond motifs is 1. The zero-order valence-corrected chi connectivity index (χ0v) is 13.9. The molecule has 2 aliphatic heterocycles. The number of rotatable bonds is 3. The average molecular weight is 338 g/mol. The molecule has 0 unspecified atom stereocenters. The lowest BCUT2D eigenvalue weighted by molar-refractivity contribution is -0.143. The number of imide groups is 1. The van der Waals surface area contributed by atoms with Crippen LogP contribution in [0.15, 0.2) is 47.9 Å². The Morgan fingerprint density at radius 3 is 2.68 bits per heavy atom. The van der Waals surface area contributed by atoms with Crippen LogP contribution in [0, 0.1) is 0 Å². The number of hydrogen-bond acceptors (Lipinski definition) is 5. The molecule has 1 fully saturated rings. The monoisotopic (exact) mass is 338 g/mol. The van der Waals surface area contributed by atoms with E-state index in [4.69, 9.17) is 9.47 Å². The molecule has 4 rings (SSSR count). The van der Waals surface area contributed by atoms with Crippen molar-refractivity contribution in [3.8, 4) is 5.75 Å². The first-order valence-corrected chi connectivity index (χ1v) is 8.35. The standard InChI is InChI=1S/C19H18N2O4/c1-12-17(19(23)21(18(12)22)13-7-10-24-11-8-13)25-16-6-9-20-15-5-3-2-4-14(15)16/h2-6,9,13H,7-8,10-11H2,1H3. The van der Waals surface area contributed by atoms with Crippen LogP contribution >= 0.6 is 0 Å². The highest BCUT2D eigenvalue weighted by Crippen LogP contribution is 2.31. The van der Waals surface area contributed by atoms with Crippen LogP contribution in [0.5, 0.6) is 5.75 Å². The number of nitrogens with zero attached hydrogens (tertiary/aromatic N) is 2. The molecule has 0 spiro atoms. The van der Waals surface area contributed by atoms with E-state index < -0.39 is 0 Å². The van der Waals surface area contributed by atoms with E-state index in [1.165, 1.54) is 4.90 Å². The number of carbonyl (C=O) groups is 2. The van der Waals surface area contributed by atoms with Crippen molar-refractivity contribution in [2.24, 2.45) is 0 Å². The van der Waals surface area contributed by atoms with Gasteiger partial charge in [0, 0.05) is 30.8 Å². The van der Waals surface area contributed by atoms with Gasteiger partial charge in [0.25, 0.3) is 11.8 Å². The Labute approximate surface area is 145 Å². The summed E-state index contributed by atoms with van der Waals surface area (Å²) < 4.78 is 11.2. The van der Waals surface area contributed by atoms with Crippen molar-refractivity contribution in [2.45, 2.75) is 25.8 Å². The third kappa shape index (κ3) is 2.68. The lowest BCUT2D eigenvalue weighted by Crippen LogP contribution is -2.44. The smallest absolute Gasteiger partial charge is 0.297 e. The molecule has 1 aromatic heterocycles. The molecular formula is C19H18N2O4. The van der Waals surface area contributed by atoms with Gasteiger partial charge in [-0.05, 0) is 38.0 Å². The normalized spacial score (nSPS) is 19.2. The first-order valence-electron chi connectivity index (χ1n) is 8.35. The van der Waals surface area contributed by atoms with Crippen molar-refractivity contribution in [1.29, 1.82) is 0 Å². The summed E-state index contributed by atoms with van der Waals surface area (Å²) >= 11 is 0. The fraction of sp³-hybridized carbons (Fsp3) is 0.316. The van der Waals surface area contributed by atoms with Crippen LogP contribution in [0.3, 0.4) is 0 Å². The van der Waals surface area contributed by atoms with Gasteiger partial charge in [0.2, 0.25) is 5.76 Å². The number of hydrogen-bond donors (Lipinski definition) is 0. The largest absolute Gasteiger partial charge is 0.450 e. The Balaban J connectivity index is 1.65. The van der Waals surface area contributed by atoms with Crippen molar-refractivity contribution in [3.63, 3.8) is 0 Å². The van der Waals surface area contributed by atoms with Gasteiger partial charge in [0.1, 0.15) is 5.75 Å². The van der Waals surface area contributed by atoms with Crippen LogP contribution in [0.4, 0.5) is 0 Å². The van der Waals surface area contributed by atoms with Gasteiger partial charge in [-0.1, -0.05) is 12.1 Å². The highest BCUT2D eigenvalue weighted by molar-refractivity contribution is 6.18. The topological polar surface area (TPSA) is 68.7 Å². The van der Waals surface area contributed by atoms with Gasteiger partial charge in [-0.2, -0.15) is 0 Å². The minimum Gasteiger partial charge on any atom is -0.450 e. The summed E-state index contributed by atoms with van der Waals surface area (Å²) in [7, 11) is 0. The van der Waals surface area contributed by atoms with Crippen LogP contribution in [-0.2, 0) is 14.3 Å². The van der Waals surface area contributed by atoms with Crippen molar-refractivity contribution >= 4 is 22.7 Å². The predicted molar refractivity (Wildman–Crippen MR) is 90.8 cm³/mol. The van der Waals surface area contributed by atoms with Crippen LogP contribution in [-0.4, -0.2) is 41.0 Å². The quantitative estimate of drug-likeness (QED) is 0.804. The summed E-state index contributed by atoms with van der Waals surface area (Å²) in [4.78, 5) is 31.0. The molecule has 0 atom stereocenters. The highest BCUT2D eigenvalue weighted by Gasteiger charge is 2.42. The Hall–Kier alpha value is -2.73. The zero-order valence-electron chi connectivity index (χ0n) is 13.9. The van der Waals surface area contributed by atoms with Gasteiger partial charge in [0.15, 0.2) is 0 Å². The molecule has 3 heterocycles. The first kappa shape index (κ1) is 15.8. The summed E-state index contributed by atoms with van der Waals surface area (Å²) in [6, 6.07) is 9.11. The molecule has 2 amide bonds. The molecule has 0 N–H and O–H groups in total. The fourth-order valence-electron chi connectivity index (χ4n) is 3.30. The second kappa shape index (κ2) is 6.29. The molecule has 1 aromatic carbocycles. The van der Waals surface area contributed by atoms with E-state index in [1.54, 1.807) is 19.2 Å². The van der Waals surface area contributed by atoms with Gasteiger partial charge in [-0.3, -0.25) is 19.5 Å². The van der Waals surface area contributed by atoms with E-state index in [9.17, 15) is 9.59 Å². The maximum Gasteiger partial charge on any atom is 0.297 e. The number of amides is 2. The predicted octanol–water partition coefficient (Wildman–Crippen LogP) is 2.44. The van der Waals surface area contributed by atoms with Crippen molar-refractivity contribution in [2.75, 3.05) is 13.2 Å². The molecular weight excluding hydrogens is 320 g/mol. The fourth-order valence-corrected chi connectivity index (χ4v) is 3.30. The molecule has 6 heteroatoms. The van der Waals surface area contributed by atoms with E-state index in [2.05, 4.69) is 4.98 Å². The lowest BCUT2D eigenvalue weighted by atomic mass is 10.1. The molecule has 0 bridgehead atoms. The minimum atomic E-state index is -0.365. The maximum absolute atomic E-state index is 12.8. The van der Waals surface area contributed by atoms with Crippen LogP contribution in [0.25, 0.3) is 10.9 Å². The highest BCUT2D eigenvalue weighted by atomic mass is 16.5. The summed E-state index contributed by atoms with van der Waals surface area (Å²) in [6.07, 6.45) is 2.96. The summed E-state index contributed by atoms with van der Waals surface area (Å²) in [6.45, 7) is 2.76. The van der Waals surface area contributed by atoms with E-state index in [1.807, 2.05) is 24.3 Å². The molecule has 25 heavy (non-hydrogen) atoms. The number of aromatic nitrogens is 1. The van der Waals surface area contributed by atoms with Gasteiger partial charge in [-0.25, -0.2) is 0 Å². The van der Waals surface area contributed by atoms with Crippen molar-refractivity contribution < 1.29 is 19.1 Å². The zero-order chi connectivity index (χ0) is 17.4. The Bertz CT molecular complexity index is 879. The Morgan fingerprint density at radius 1 is 1.12 bits per heavy atom. The Kier molecular flexibility index (Phi) is 3.97. The number of carbonyl (C=O) groups excluding carboxylic acids is 2. The number of benzene rings is 1. The second-order valence-electron chi connectivity index (χ2n) is 6.21. The lowest BCUT2D eigenvalue weighted by Gasteiger charge is -2.29. The van der Waals surface area contributed by atoms with Gasteiger partial charge < -0.3 is 9.47 Å². The van der Waals surface area contributed by atoms with E-state index in [0.717, 1.165) is 10.9 Å².